The van der Waals surface area contributed by atoms with Gasteiger partial charge in [-0.05, 0) is 6.92 Å². The summed E-state index contributed by atoms with van der Waals surface area (Å²) in [5.41, 5.74) is -0.905. The highest BCUT2D eigenvalue weighted by Crippen LogP contribution is 2.23. The lowest BCUT2D eigenvalue weighted by atomic mass is 10.3. The zero-order valence-corrected chi connectivity index (χ0v) is 9.43. The number of rotatable bonds is 4. The molecule has 0 aliphatic heterocycles. The molecule has 0 fully saturated rings. The predicted octanol–water partition coefficient (Wildman–Crippen LogP) is 2.49. The molecule has 0 saturated heterocycles. The van der Waals surface area contributed by atoms with Crippen LogP contribution in [0.3, 0.4) is 0 Å². The SMILES string of the molecule is C=CC(=C)C(F)(F)F.COC(C)(C=O)OC. The van der Waals surface area contributed by atoms with E-state index >= 15 is 0 Å². The van der Waals surface area contributed by atoms with E-state index in [0.717, 1.165) is 0 Å². The standard InChI is InChI=1S/C5H5F3.C5H10O3/c1-3-4(2)5(6,7)8;1-5(4-6,7-2)8-3/h3H,1-2H2;4H,1-3H3. The third-order valence-electron chi connectivity index (χ3n) is 1.64. The first-order valence-corrected chi connectivity index (χ1v) is 4.12. The minimum Gasteiger partial charge on any atom is -0.347 e. The second kappa shape index (κ2) is 7.19. The van der Waals surface area contributed by atoms with Crippen molar-refractivity contribution in [1.29, 1.82) is 0 Å². The van der Waals surface area contributed by atoms with Gasteiger partial charge in [0.1, 0.15) is 0 Å². The molecule has 6 heteroatoms. The van der Waals surface area contributed by atoms with Crippen LogP contribution >= 0.6 is 0 Å². The summed E-state index contributed by atoms with van der Waals surface area (Å²) >= 11 is 0. The molecule has 0 rings (SSSR count). The lowest BCUT2D eigenvalue weighted by molar-refractivity contribution is -0.186. The molecule has 0 aliphatic rings. The number of hydrogen-bond donors (Lipinski definition) is 0. The summed E-state index contributed by atoms with van der Waals surface area (Å²) < 4.78 is 43.1. The Bertz CT molecular complexity index is 242. The molecular weight excluding hydrogens is 225 g/mol. The summed E-state index contributed by atoms with van der Waals surface area (Å²) in [7, 11) is 2.83. The number of carbonyl (C=O) groups is 1. The quantitative estimate of drug-likeness (QED) is 0.430. The molecule has 0 spiro atoms. The van der Waals surface area contributed by atoms with Gasteiger partial charge in [-0.1, -0.05) is 19.2 Å². The zero-order chi connectivity index (χ0) is 13.4. The van der Waals surface area contributed by atoms with Crippen molar-refractivity contribution in [3.63, 3.8) is 0 Å². The summed E-state index contributed by atoms with van der Waals surface area (Å²) in [6.45, 7) is 7.15. The van der Waals surface area contributed by atoms with Gasteiger partial charge in [-0.15, -0.1) is 0 Å². The number of methoxy groups -OCH3 is 2. The van der Waals surface area contributed by atoms with Gasteiger partial charge in [-0.3, -0.25) is 4.79 Å². The Kier molecular flexibility index (Phi) is 7.75. The normalized spacial score (nSPS) is 11.1. The maximum absolute atomic E-state index is 11.3. The Morgan fingerprint density at radius 1 is 1.25 bits per heavy atom. The molecule has 0 aromatic carbocycles. The molecule has 94 valence electrons. The minimum atomic E-state index is -4.30. The smallest absolute Gasteiger partial charge is 0.347 e. The first-order valence-electron chi connectivity index (χ1n) is 4.12. The van der Waals surface area contributed by atoms with Crippen molar-refractivity contribution in [2.24, 2.45) is 0 Å². The van der Waals surface area contributed by atoms with Crippen LogP contribution in [0, 0.1) is 0 Å². The van der Waals surface area contributed by atoms with Crippen molar-refractivity contribution in [2.45, 2.75) is 18.9 Å². The number of hydrogen-bond acceptors (Lipinski definition) is 3. The van der Waals surface area contributed by atoms with Gasteiger partial charge in [0.05, 0.1) is 0 Å². The van der Waals surface area contributed by atoms with Gasteiger partial charge >= 0.3 is 6.18 Å². The van der Waals surface area contributed by atoms with Crippen molar-refractivity contribution < 1.29 is 27.4 Å². The first-order chi connectivity index (χ1) is 7.16. The van der Waals surface area contributed by atoms with Crippen LogP contribution in [0.2, 0.25) is 0 Å². The van der Waals surface area contributed by atoms with Gasteiger partial charge < -0.3 is 9.47 Å². The van der Waals surface area contributed by atoms with E-state index in [1.165, 1.54) is 14.2 Å². The van der Waals surface area contributed by atoms with Crippen molar-refractivity contribution >= 4 is 6.29 Å². The molecule has 0 unspecified atom stereocenters. The number of allylic oxidation sites excluding steroid dienone is 2. The largest absolute Gasteiger partial charge is 0.415 e. The Morgan fingerprint density at radius 3 is 1.62 bits per heavy atom. The molecule has 0 N–H and O–H groups in total. The average Bonchev–Trinajstić information content (AvgIpc) is 2.26. The highest BCUT2D eigenvalue weighted by molar-refractivity contribution is 5.59. The first kappa shape index (κ1) is 17.3. The second-order valence-electron chi connectivity index (χ2n) is 2.77. The fraction of sp³-hybridized carbons (Fsp3) is 0.500. The van der Waals surface area contributed by atoms with Crippen molar-refractivity contribution in [1.82, 2.24) is 0 Å². The van der Waals surface area contributed by atoms with Gasteiger partial charge in [-0.2, -0.15) is 13.2 Å². The van der Waals surface area contributed by atoms with Crippen LogP contribution in [0.1, 0.15) is 6.92 Å². The number of alkyl halides is 3. The molecule has 0 aromatic rings. The Hall–Kier alpha value is -1.14. The molecule has 0 heterocycles. The molecule has 0 aliphatic carbocycles. The molecular formula is C10H15F3O3. The van der Waals surface area contributed by atoms with E-state index in [1.54, 1.807) is 6.92 Å². The fourth-order valence-electron chi connectivity index (χ4n) is 0.295. The molecule has 16 heavy (non-hydrogen) atoms. The Balaban J connectivity index is 0. The van der Waals surface area contributed by atoms with E-state index in [9.17, 15) is 18.0 Å². The molecule has 0 bridgehead atoms. The van der Waals surface area contributed by atoms with Crippen molar-refractivity contribution in [3.05, 3.63) is 24.8 Å². The van der Waals surface area contributed by atoms with Crippen LogP contribution in [-0.4, -0.2) is 32.5 Å². The molecule has 3 nitrogen and oxygen atoms in total. The molecule has 0 saturated carbocycles. The van der Waals surface area contributed by atoms with Gasteiger partial charge in [0.25, 0.3) is 0 Å². The van der Waals surface area contributed by atoms with Gasteiger partial charge in [0.15, 0.2) is 6.29 Å². The second-order valence-corrected chi connectivity index (χ2v) is 2.77. The van der Waals surface area contributed by atoms with E-state index in [2.05, 4.69) is 22.6 Å². The number of carbonyl (C=O) groups excluding carboxylic acids is 1. The molecule has 0 amide bonds. The van der Waals surface area contributed by atoms with Gasteiger partial charge in [0.2, 0.25) is 5.79 Å². The maximum Gasteiger partial charge on any atom is 0.415 e. The highest BCUT2D eigenvalue weighted by atomic mass is 19.4. The summed E-state index contributed by atoms with van der Waals surface area (Å²) in [4.78, 5) is 10.0. The summed E-state index contributed by atoms with van der Waals surface area (Å²) in [6.07, 6.45) is -3.02. The van der Waals surface area contributed by atoms with E-state index in [1.807, 2.05) is 0 Å². The number of ether oxygens (including phenoxy) is 2. The monoisotopic (exact) mass is 240 g/mol. The van der Waals surface area contributed by atoms with E-state index in [-0.39, 0.29) is 0 Å². The van der Waals surface area contributed by atoms with E-state index < -0.39 is 17.5 Å². The average molecular weight is 240 g/mol. The Morgan fingerprint density at radius 2 is 1.62 bits per heavy atom. The minimum absolute atomic E-state index is 0.604. The van der Waals surface area contributed by atoms with Crippen LogP contribution in [0.15, 0.2) is 24.8 Å². The third kappa shape index (κ3) is 7.19. The summed E-state index contributed by atoms with van der Waals surface area (Å²) in [6, 6.07) is 0. The highest BCUT2D eigenvalue weighted by Gasteiger charge is 2.29. The zero-order valence-electron chi connectivity index (χ0n) is 9.43. The Labute approximate surface area is 92.5 Å². The van der Waals surface area contributed by atoms with E-state index in [4.69, 9.17) is 0 Å². The van der Waals surface area contributed by atoms with Crippen molar-refractivity contribution in [3.8, 4) is 0 Å². The van der Waals surface area contributed by atoms with Gasteiger partial charge in [-0.25, -0.2) is 0 Å². The fourth-order valence-corrected chi connectivity index (χ4v) is 0.295. The molecule has 0 radical (unpaired) electrons. The summed E-state index contributed by atoms with van der Waals surface area (Å²) in [5, 5.41) is 0. The third-order valence-corrected chi connectivity index (χ3v) is 1.64. The summed E-state index contributed by atoms with van der Waals surface area (Å²) in [5.74, 6) is -1.06. The maximum atomic E-state index is 11.3. The molecule has 0 atom stereocenters. The lowest BCUT2D eigenvalue weighted by Crippen LogP contribution is -2.30. The number of halogens is 3. The van der Waals surface area contributed by atoms with Crippen molar-refractivity contribution in [2.75, 3.05) is 14.2 Å². The van der Waals surface area contributed by atoms with Crippen LogP contribution in [-0.2, 0) is 14.3 Å². The van der Waals surface area contributed by atoms with Gasteiger partial charge in [0, 0.05) is 19.8 Å². The van der Waals surface area contributed by atoms with Crippen LogP contribution in [0.25, 0.3) is 0 Å². The molecule has 0 aromatic heterocycles. The van der Waals surface area contributed by atoms with Crippen LogP contribution < -0.4 is 0 Å². The predicted molar refractivity (Wildman–Crippen MR) is 53.9 cm³/mol. The van der Waals surface area contributed by atoms with Crippen LogP contribution in [0.4, 0.5) is 13.2 Å². The topological polar surface area (TPSA) is 35.5 Å². The van der Waals surface area contributed by atoms with Crippen LogP contribution in [0.5, 0.6) is 0 Å². The lowest BCUT2D eigenvalue weighted by Gasteiger charge is -2.17. The number of aldehydes is 1. The van der Waals surface area contributed by atoms with E-state index in [0.29, 0.717) is 12.4 Å².